The smallest absolute Gasteiger partial charge is 0.327 e. The third kappa shape index (κ3) is 11.9. The highest BCUT2D eigenvalue weighted by molar-refractivity contribution is 5.95. The maximum absolute atomic E-state index is 11.5. The summed E-state index contributed by atoms with van der Waals surface area (Å²) in [7, 11) is 1.38. The molecule has 0 aliphatic heterocycles. The number of ether oxygens (including phenoxy) is 1. The molecule has 0 radical (unpaired) electrons. The highest BCUT2D eigenvalue weighted by atomic mass is 16.5. The largest absolute Gasteiger partial charge is 0.468 e. The van der Waals surface area contributed by atoms with Gasteiger partial charge >= 0.3 is 5.97 Å². The monoisotopic (exact) mass is 907 g/mol. The lowest BCUT2D eigenvalue weighted by atomic mass is 10.1. The Hall–Kier alpha value is -8.45. The van der Waals surface area contributed by atoms with Crippen molar-refractivity contribution in [3.05, 3.63) is 194 Å². The zero-order valence-corrected chi connectivity index (χ0v) is 39.6. The molecule has 5 aromatic heterocycles. The zero-order valence-electron chi connectivity index (χ0n) is 39.6. The van der Waals surface area contributed by atoms with Gasteiger partial charge in [0.15, 0.2) is 0 Å². The molecule has 346 valence electrons. The Morgan fingerprint density at radius 1 is 0.485 bits per heavy atom. The van der Waals surface area contributed by atoms with E-state index in [4.69, 9.17) is 23.8 Å². The minimum atomic E-state index is -0.308. The number of hydrogen-bond donors (Lipinski definition) is 0. The molecular formula is C55H57N9O4. The van der Waals surface area contributed by atoms with Crippen molar-refractivity contribution < 1.29 is 18.4 Å². The fraction of sp³-hybridized carbons (Fsp3) is 0.182. The van der Waals surface area contributed by atoms with Crippen molar-refractivity contribution in [1.82, 2.24) is 44.5 Å². The van der Waals surface area contributed by atoms with Gasteiger partial charge in [0.1, 0.15) is 43.0 Å². The Morgan fingerprint density at radius 2 is 0.868 bits per heavy atom. The molecule has 11 rings (SSSR count). The van der Waals surface area contributed by atoms with Crippen LogP contribution < -0.4 is 0 Å². The van der Waals surface area contributed by atoms with Crippen molar-refractivity contribution in [2.75, 3.05) is 7.11 Å². The fourth-order valence-electron chi connectivity index (χ4n) is 7.21. The average Bonchev–Trinajstić information content (AvgIpc) is 4.30. The van der Waals surface area contributed by atoms with Crippen LogP contribution in [0.2, 0.25) is 0 Å². The molecule has 0 atom stereocenters. The van der Waals surface area contributed by atoms with Crippen LogP contribution in [0.1, 0.15) is 53.3 Å². The molecule has 0 bridgehead atoms. The van der Waals surface area contributed by atoms with E-state index in [-0.39, 0.29) is 12.5 Å². The van der Waals surface area contributed by atoms with E-state index in [1.165, 1.54) is 13.5 Å². The number of carbonyl (C=O) groups excluding carboxylic acids is 1. The van der Waals surface area contributed by atoms with Gasteiger partial charge in [-0.25, -0.2) is 4.98 Å². The summed E-state index contributed by atoms with van der Waals surface area (Å²) in [6.45, 7) is 13.1. The topological polar surface area (TPSA) is 145 Å². The van der Waals surface area contributed by atoms with Crippen LogP contribution in [0.3, 0.4) is 0 Å². The van der Waals surface area contributed by atoms with Gasteiger partial charge in [-0.15, -0.1) is 10.2 Å². The van der Waals surface area contributed by atoms with Gasteiger partial charge in [-0.05, 0) is 18.2 Å². The standard InChI is InChI=1S/C17H13N3O.C16H12N4O.C16H14N2O2.3C2H6/c1-2-6-13(7-3-1)17-14-8-4-5-9-15(14)20(19-17)12-16-18-10-11-21-16;1-2-6-12(7-3-1)16-13-8-4-5-9-14(13)20(19-16)10-15-18-17-11-21-15;1-20-15(19)11-18-14-10-6-5-9-13(14)16(17-18)12-7-3-2-4-8-12;3*1-2/h1-11H,12H2;1-9,11H,10H2;2-10H,11H2,1H3;3*1-2H3. The minimum Gasteiger partial charge on any atom is -0.468 e. The first-order valence-corrected chi connectivity index (χ1v) is 22.9. The molecule has 0 unspecified atom stereocenters. The van der Waals surface area contributed by atoms with E-state index in [0.29, 0.717) is 24.9 Å². The van der Waals surface area contributed by atoms with Crippen LogP contribution in [-0.4, -0.2) is 57.6 Å². The normalized spacial score (nSPS) is 10.2. The maximum atomic E-state index is 11.5. The van der Waals surface area contributed by atoms with Gasteiger partial charge in [0.2, 0.25) is 18.2 Å². The van der Waals surface area contributed by atoms with Crippen molar-refractivity contribution >= 4 is 38.7 Å². The summed E-state index contributed by atoms with van der Waals surface area (Å²) >= 11 is 0. The van der Waals surface area contributed by atoms with E-state index >= 15 is 0 Å². The summed E-state index contributed by atoms with van der Waals surface area (Å²) in [4.78, 5) is 15.7. The second-order valence-corrected chi connectivity index (χ2v) is 14.0. The van der Waals surface area contributed by atoms with E-state index in [0.717, 1.165) is 66.5 Å². The van der Waals surface area contributed by atoms with Crippen LogP contribution in [0.25, 0.3) is 66.5 Å². The number of benzene rings is 6. The molecule has 0 aliphatic carbocycles. The van der Waals surface area contributed by atoms with E-state index < -0.39 is 0 Å². The van der Waals surface area contributed by atoms with Crippen molar-refractivity contribution in [2.45, 2.75) is 61.2 Å². The van der Waals surface area contributed by atoms with Gasteiger partial charge in [0, 0.05) is 32.8 Å². The van der Waals surface area contributed by atoms with E-state index in [1.807, 2.05) is 172 Å². The number of para-hydroxylation sites is 3. The zero-order chi connectivity index (χ0) is 48.1. The number of oxazole rings is 1. The summed E-state index contributed by atoms with van der Waals surface area (Å²) in [6.07, 6.45) is 4.57. The van der Waals surface area contributed by atoms with Crippen LogP contribution in [-0.2, 0) is 29.2 Å². The minimum absolute atomic E-state index is 0.115. The summed E-state index contributed by atoms with van der Waals surface area (Å²) < 4.78 is 20.8. The summed E-state index contributed by atoms with van der Waals surface area (Å²) in [5.41, 5.74) is 9.12. The molecule has 11 aromatic rings. The second-order valence-electron chi connectivity index (χ2n) is 14.0. The lowest BCUT2D eigenvalue weighted by Gasteiger charge is -2.00. The number of esters is 1. The first-order chi connectivity index (χ1) is 33.6. The van der Waals surface area contributed by atoms with Crippen LogP contribution in [0, 0.1) is 0 Å². The molecule has 0 amide bonds. The molecule has 0 aliphatic rings. The molecular weight excluding hydrogens is 851 g/mol. The van der Waals surface area contributed by atoms with Gasteiger partial charge in [-0.3, -0.25) is 18.8 Å². The van der Waals surface area contributed by atoms with Crippen LogP contribution in [0.4, 0.5) is 0 Å². The Bertz CT molecular complexity index is 3010. The second kappa shape index (κ2) is 25.3. The van der Waals surface area contributed by atoms with Crippen LogP contribution >= 0.6 is 0 Å². The molecule has 0 N–H and O–H groups in total. The Labute approximate surface area is 396 Å². The first kappa shape index (κ1) is 49.0. The molecule has 0 saturated carbocycles. The third-order valence-electron chi connectivity index (χ3n) is 10.1. The number of hydrogen-bond acceptors (Lipinski definition) is 10. The predicted molar refractivity (Wildman–Crippen MR) is 271 cm³/mol. The van der Waals surface area contributed by atoms with E-state index in [9.17, 15) is 4.79 Å². The van der Waals surface area contributed by atoms with Crippen molar-refractivity contribution in [3.8, 4) is 33.8 Å². The van der Waals surface area contributed by atoms with E-state index in [1.54, 1.807) is 17.1 Å². The number of rotatable bonds is 9. The molecule has 6 aromatic carbocycles. The van der Waals surface area contributed by atoms with Gasteiger partial charge in [-0.1, -0.05) is 187 Å². The number of aromatic nitrogens is 9. The SMILES string of the molecule is CC.CC.CC.COC(=O)Cn1nc(-c2ccccc2)c2ccccc21.c1ccc(-c2nn(Cc3ncco3)c3ccccc23)cc1.c1ccc(-c2nn(Cc3nnco3)c3ccccc23)cc1. The lowest BCUT2D eigenvalue weighted by molar-refractivity contribution is -0.141. The van der Waals surface area contributed by atoms with Crippen molar-refractivity contribution in [1.29, 1.82) is 0 Å². The highest BCUT2D eigenvalue weighted by Crippen LogP contribution is 2.30. The molecule has 13 nitrogen and oxygen atoms in total. The van der Waals surface area contributed by atoms with Crippen LogP contribution in [0.15, 0.2) is 191 Å². The van der Waals surface area contributed by atoms with Gasteiger partial charge in [0.25, 0.3) is 0 Å². The van der Waals surface area contributed by atoms with Crippen molar-refractivity contribution in [2.24, 2.45) is 0 Å². The number of methoxy groups -OCH3 is 1. The quantitative estimate of drug-likeness (QED) is 0.128. The summed E-state index contributed by atoms with van der Waals surface area (Å²) in [6, 6.07) is 54.5. The number of carbonyl (C=O) groups is 1. The molecule has 13 heteroatoms. The van der Waals surface area contributed by atoms with Crippen molar-refractivity contribution in [3.63, 3.8) is 0 Å². The predicted octanol–water partition coefficient (Wildman–Crippen LogP) is 12.8. The van der Waals surface area contributed by atoms with Gasteiger partial charge < -0.3 is 13.6 Å². The molecule has 0 fully saturated rings. The van der Waals surface area contributed by atoms with Gasteiger partial charge in [0.05, 0.1) is 29.9 Å². The molecule has 5 heterocycles. The number of fused-ring (bicyclic) bond motifs is 3. The maximum Gasteiger partial charge on any atom is 0.327 e. The Morgan fingerprint density at radius 3 is 1.25 bits per heavy atom. The lowest BCUT2D eigenvalue weighted by Crippen LogP contribution is -2.12. The average molecular weight is 908 g/mol. The molecule has 68 heavy (non-hydrogen) atoms. The highest BCUT2D eigenvalue weighted by Gasteiger charge is 2.16. The third-order valence-corrected chi connectivity index (χ3v) is 10.1. The van der Waals surface area contributed by atoms with Gasteiger partial charge in [-0.2, -0.15) is 15.3 Å². The fourth-order valence-corrected chi connectivity index (χ4v) is 7.21. The van der Waals surface area contributed by atoms with Crippen LogP contribution in [0.5, 0.6) is 0 Å². The summed E-state index contributed by atoms with van der Waals surface area (Å²) in [5, 5.41) is 24.9. The number of nitrogens with zero attached hydrogens (tertiary/aromatic N) is 9. The summed E-state index contributed by atoms with van der Waals surface area (Å²) in [5.74, 6) is 0.892. The molecule has 0 spiro atoms. The van der Waals surface area contributed by atoms with E-state index in [2.05, 4.69) is 62.7 Å². The first-order valence-electron chi connectivity index (χ1n) is 22.9. The Balaban J connectivity index is 0.000000159. The molecule has 0 saturated heterocycles. The Kier molecular flexibility index (Phi) is 18.2.